The van der Waals surface area contributed by atoms with Crippen molar-refractivity contribution in [3.05, 3.63) is 24.3 Å². The van der Waals surface area contributed by atoms with Crippen molar-refractivity contribution in [1.29, 1.82) is 0 Å². The van der Waals surface area contributed by atoms with Crippen LogP contribution in [0, 0.1) is 0 Å². The van der Waals surface area contributed by atoms with Crippen molar-refractivity contribution >= 4 is 23.8 Å². The van der Waals surface area contributed by atoms with Gasteiger partial charge in [0.25, 0.3) is 0 Å². The third-order valence-electron chi connectivity index (χ3n) is 3.12. The van der Waals surface area contributed by atoms with Crippen LogP contribution < -0.4 is 10.6 Å². The number of hydrogen-bond acceptors (Lipinski definition) is 4. The average Bonchev–Trinajstić information content (AvgIpc) is 2.43. The smallest absolute Gasteiger partial charge is 0.328 e. The molecule has 2 unspecified atom stereocenters. The van der Waals surface area contributed by atoms with E-state index in [9.17, 15) is 19.2 Å². The predicted molar refractivity (Wildman–Crippen MR) is 75.9 cm³/mol. The lowest BCUT2D eigenvalue weighted by Crippen LogP contribution is -2.45. The lowest BCUT2D eigenvalue weighted by atomic mass is 9.91. The standard InChI is InChI=1S/C14H18N2O6/c17-11(4-6-13(19)20)15-9-2-1-3-10(8-9)16-12(18)5-7-14(21)22/h4-7,9-10H,1-3,8H2,(H,15,17)(H,16,18)(H,19,20)(H,21,22)/b6-4-,7-5-. The number of carbonyl (C=O) groups excluding carboxylic acids is 2. The molecule has 0 aromatic rings. The van der Waals surface area contributed by atoms with E-state index in [2.05, 4.69) is 10.6 Å². The van der Waals surface area contributed by atoms with Crippen LogP contribution in [-0.4, -0.2) is 46.0 Å². The van der Waals surface area contributed by atoms with E-state index in [-0.39, 0.29) is 12.1 Å². The molecule has 0 spiro atoms. The molecule has 0 aromatic carbocycles. The third-order valence-corrected chi connectivity index (χ3v) is 3.12. The minimum Gasteiger partial charge on any atom is -0.478 e. The van der Waals surface area contributed by atoms with E-state index >= 15 is 0 Å². The number of aliphatic carboxylic acids is 2. The molecule has 1 aliphatic carbocycles. The summed E-state index contributed by atoms with van der Waals surface area (Å²) >= 11 is 0. The fraction of sp³-hybridized carbons (Fsp3) is 0.429. The van der Waals surface area contributed by atoms with Gasteiger partial charge >= 0.3 is 11.9 Å². The van der Waals surface area contributed by atoms with Crippen molar-refractivity contribution in [2.75, 3.05) is 0 Å². The maximum Gasteiger partial charge on any atom is 0.328 e. The zero-order valence-corrected chi connectivity index (χ0v) is 11.8. The van der Waals surface area contributed by atoms with E-state index < -0.39 is 23.8 Å². The summed E-state index contributed by atoms with van der Waals surface area (Å²) < 4.78 is 0. The van der Waals surface area contributed by atoms with Crippen LogP contribution in [0.15, 0.2) is 24.3 Å². The summed E-state index contributed by atoms with van der Waals surface area (Å²) in [5.41, 5.74) is 0. The fourth-order valence-corrected chi connectivity index (χ4v) is 2.24. The van der Waals surface area contributed by atoms with Crippen LogP contribution in [0.4, 0.5) is 0 Å². The van der Waals surface area contributed by atoms with Crippen LogP contribution in [0.25, 0.3) is 0 Å². The quantitative estimate of drug-likeness (QED) is 0.503. The Hall–Kier alpha value is -2.64. The molecule has 0 aromatic heterocycles. The second-order valence-electron chi connectivity index (χ2n) is 4.92. The van der Waals surface area contributed by atoms with Crippen LogP contribution in [0.3, 0.4) is 0 Å². The molecule has 1 saturated carbocycles. The van der Waals surface area contributed by atoms with E-state index in [0.717, 1.165) is 43.6 Å². The van der Waals surface area contributed by atoms with Gasteiger partial charge in [-0.2, -0.15) is 0 Å². The minimum absolute atomic E-state index is 0.159. The van der Waals surface area contributed by atoms with Crippen molar-refractivity contribution in [1.82, 2.24) is 10.6 Å². The van der Waals surface area contributed by atoms with Gasteiger partial charge in [-0.15, -0.1) is 0 Å². The van der Waals surface area contributed by atoms with Crippen molar-refractivity contribution in [2.45, 2.75) is 37.8 Å². The Bertz CT molecular complexity index is 467. The van der Waals surface area contributed by atoms with E-state index in [1.165, 1.54) is 0 Å². The van der Waals surface area contributed by atoms with Gasteiger partial charge in [-0.25, -0.2) is 9.59 Å². The summed E-state index contributed by atoms with van der Waals surface area (Å²) in [6.45, 7) is 0. The second-order valence-corrected chi connectivity index (χ2v) is 4.92. The summed E-state index contributed by atoms with van der Waals surface area (Å²) in [6.07, 6.45) is 6.19. The third kappa shape index (κ3) is 7.22. The van der Waals surface area contributed by atoms with Gasteiger partial charge in [0.1, 0.15) is 0 Å². The van der Waals surface area contributed by atoms with E-state index in [0.29, 0.717) is 6.42 Å². The highest BCUT2D eigenvalue weighted by molar-refractivity contribution is 5.94. The zero-order chi connectivity index (χ0) is 16.5. The summed E-state index contributed by atoms with van der Waals surface area (Å²) in [7, 11) is 0. The Morgan fingerprint density at radius 1 is 0.773 bits per heavy atom. The van der Waals surface area contributed by atoms with Gasteiger partial charge < -0.3 is 20.8 Å². The largest absolute Gasteiger partial charge is 0.478 e. The van der Waals surface area contributed by atoms with Crippen molar-refractivity contribution in [2.24, 2.45) is 0 Å². The van der Waals surface area contributed by atoms with Crippen LogP contribution in [0.5, 0.6) is 0 Å². The molecule has 120 valence electrons. The van der Waals surface area contributed by atoms with Gasteiger partial charge in [-0.1, -0.05) is 0 Å². The highest BCUT2D eigenvalue weighted by Crippen LogP contribution is 2.18. The van der Waals surface area contributed by atoms with Crippen molar-refractivity contribution in [3.8, 4) is 0 Å². The molecule has 2 atom stereocenters. The monoisotopic (exact) mass is 310 g/mol. The Kier molecular flexibility index (Phi) is 6.81. The summed E-state index contributed by atoms with van der Waals surface area (Å²) in [6, 6.07) is -0.318. The Balaban J connectivity index is 2.44. The highest BCUT2D eigenvalue weighted by Gasteiger charge is 2.23. The molecule has 22 heavy (non-hydrogen) atoms. The molecule has 0 radical (unpaired) electrons. The fourth-order valence-electron chi connectivity index (χ4n) is 2.24. The minimum atomic E-state index is -1.20. The molecule has 8 nitrogen and oxygen atoms in total. The van der Waals surface area contributed by atoms with Gasteiger partial charge in [0.2, 0.25) is 11.8 Å². The molecule has 1 fully saturated rings. The average molecular weight is 310 g/mol. The molecule has 0 heterocycles. The molecular weight excluding hydrogens is 292 g/mol. The molecule has 2 amide bonds. The van der Waals surface area contributed by atoms with Crippen LogP contribution >= 0.6 is 0 Å². The maximum absolute atomic E-state index is 11.5. The molecular formula is C14H18N2O6. The van der Waals surface area contributed by atoms with Crippen LogP contribution in [0.2, 0.25) is 0 Å². The summed E-state index contributed by atoms with van der Waals surface area (Å²) in [4.78, 5) is 43.6. The van der Waals surface area contributed by atoms with Gasteiger partial charge in [0.05, 0.1) is 0 Å². The number of nitrogens with one attached hydrogen (secondary N) is 2. The molecule has 1 rings (SSSR count). The van der Waals surface area contributed by atoms with Crippen LogP contribution in [-0.2, 0) is 19.2 Å². The summed E-state index contributed by atoms with van der Waals surface area (Å²) in [5, 5.41) is 22.2. The zero-order valence-electron chi connectivity index (χ0n) is 11.8. The number of amides is 2. The van der Waals surface area contributed by atoms with Gasteiger partial charge in [-0.3, -0.25) is 9.59 Å². The number of rotatable bonds is 6. The number of carbonyl (C=O) groups is 4. The Morgan fingerprint density at radius 2 is 1.18 bits per heavy atom. The molecule has 0 saturated heterocycles. The predicted octanol–water partition coefficient (Wildman–Crippen LogP) is -0.188. The molecule has 8 heteroatoms. The molecule has 1 aliphatic rings. The second kappa shape index (κ2) is 8.60. The number of carboxylic acids is 2. The first-order valence-corrected chi connectivity index (χ1v) is 6.80. The Labute approximate surface area is 126 Å². The maximum atomic E-state index is 11.5. The van der Waals surface area contributed by atoms with Crippen LogP contribution in [0.1, 0.15) is 25.7 Å². The number of hydrogen-bond donors (Lipinski definition) is 4. The Morgan fingerprint density at radius 3 is 1.55 bits per heavy atom. The first kappa shape index (κ1) is 17.4. The first-order valence-electron chi connectivity index (χ1n) is 6.80. The lowest BCUT2D eigenvalue weighted by Gasteiger charge is -2.29. The molecule has 4 N–H and O–H groups in total. The highest BCUT2D eigenvalue weighted by atomic mass is 16.4. The van der Waals surface area contributed by atoms with Crippen molar-refractivity contribution in [3.63, 3.8) is 0 Å². The first-order chi connectivity index (χ1) is 10.4. The van der Waals surface area contributed by atoms with Gasteiger partial charge in [0.15, 0.2) is 0 Å². The SMILES string of the molecule is O=C(O)/C=C\C(=O)NC1CCCC(NC(=O)/C=C\C(=O)O)C1. The van der Waals surface area contributed by atoms with Crippen molar-refractivity contribution < 1.29 is 29.4 Å². The lowest BCUT2D eigenvalue weighted by molar-refractivity contribution is -0.132. The van der Waals surface area contributed by atoms with E-state index in [1.54, 1.807) is 0 Å². The van der Waals surface area contributed by atoms with Gasteiger partial charge in [0, 0.05) is 36.4 Å². The normalized spacial score (nSPS) is 21.6. The number of carboxylic acid groups (broad SMARTS) is 2. The topological polar surface area (TPSA) is 133 Å². The van der Waals surface area contributed by atoms with Gasteiger partial charge in [-0.05, 0) is 25.7 Å². The molecule has 0 aliphatic heterocycles. The van der Waals surface area contributed by atoms with E-state index in [4.69, 9.17) is 10.2 Å². The molecule has 0 bridgehead atoms. The van der Waals surface area contributed by atoms with E-state index in [1.807, 2.05) is 0 Å². The summed E-state index contributed by atoms with van der Waals surface area (Å²) in [5.74, 6) is -3.39.